The Labute approximate surface area is 121 Å². The van der Waals surface area contributed by atoms with Crippen molar-refractivity contribution in [2.75, 3.05) is 6.54 Å². The lowest BCUT2D eigenvalue weighted by atomic mass is 9.95. The first-order valence-corrected chi connectivity index (χ1v) is 7.79. The zero-order valence-electron chi connectivity index (χ0n) is 11.3. The summed E-state index contributed by atoms with van der Waals surface area (Å²) in [5.74, 6) is 0.534. The van der Waals surface area contributed by atoms with E-state index in [1.54, 1.807) is 23.5 Å². The summed E-state index contributed by atoms with van der Waals surface area (Å²) in [5.41, 5.74) is 3.67. The van der Waals surface area contributed by atoms with Gasteiger partial charge >= 0.3 is 0 Å². The highest BCUT2D eigenvalue weighted by Gasteiger charge is 2.30. The van der Waals surface area contributed by atoms with Crippen molar-refractivity contribution in [3.05, 3.63) is 46.2 Å². The number of hydrogen-bond acceptors (Lipinski definition) is 4. The molecule has 0 radical (unpaired) electrons. The van der Waals surface area contributed by atoms with Gasteiger partial charge in [0.15, 0.2) is 0 Å². The molecule has 20 heavy (non-hydrogen) atoms. The molecule has 1 N–H and O–H groups in total. The van der Waals surface area contributed by atoms with E-state index >= 15 is 0 Å². The van der Waals surface area contributed by atoms with E-state index in [1.807, 2.05) is 10.9 Å². The number of halogens is 1. The van der Waals surface area contributed by atoms with Crippen LogP contribution in [0.25, 0.3) is 0 Å². The van der Waals surface area contributed by atoms with Gasteiger partial charge in [0.1, 0.15) is 17.7 Å². The van der Waals surface area contributed by atoms with E-state index in [1.165, 1.54) is 6.07 Å². The predicted molar refractivity (Wildman–Crippen MR) is 77.5 cm³/mol. The Hall–Kier alpha value is -1.46. The first-order valence-electron chi connectivity index (χ1n) is 6.85. The molecule has 0 fully saturated rings. The Morgan fingerprint density at radius 1 is 1.50 bits per heavy atom. The summed E-state index contributed by atoms with van der Waals surface area (Å²) in [6.45, 7) is 3.03. The van der Waals surface area contributed by atoms with Crippen LogP contribution in [-0.4, -0.2) is 11.5 Å². The normalized spacial score (nSPS) is 21.3. The lowest BCUT2D eigenvalue weighted by molar-refractivity contribution is 0.147. The fourth-order valence-electron chi connectivity index (χ4n) is 2.52. The number of hydrogen-bond donors (Lipinski definition) is 1. The highest BCUT2D eigenvalue weighted by atomic mass is 32.1. The maximum absolute atomic E-state index is 13.5. The number of nitrogens with one attached hydrogen (secondary N) is 1. The lowest BCUT2D eigenvalue weighted by Gasteiger charge is -2.32. The fourth-order valence-corrected chi connectivity index (χ4v) is 3.11. The number of nitrogens with zero attached hydrogens (tertiary/aromatic N) is 1. The van der Waals surface area contributed by atoms with Gasteiger partial charge in [-0.15, -0.1) is 11.3 Å². The molecular weight excluding hydrogens is 275 g/mol. The van der Waals surface area contributed by atoms with Gasteiger partial charge in [0.25, 0.3) is 0 Å². The highest BCUT2D eigenvalue weighted by molar-refractivity contribution is 7.07. The van der Waals surface area contributed by atoms with Gasteiger partial charge in [-0.1, -0.05) is 6.92 Å². The molecule has 5 heteroatoms. The van der Waals surface area contributed by atoms with E-state index < -0.39 is 0 Å². The first-order chi connectivity index (χ1) is 9.78. The zero-order chi connectivity index (χ0) is 13.9. The van der Waals surface area contributed by atoms with Gasteiger partial charge in [-0.3, -0.25) is 0 Å². The Balaban J connectivity index is 1.90. The summed E-state index contributed by atoms with van der Waals surface area (Å²) in [6.07, 6.45) is 1.76. The number of benzene rings is 1. The molecule has 0 spiro atoms. The minimum atomic E-state index is -0.220. The van der Waals surface area contributed by atoms with E-state index in [9.17, 15) is 4.39 Å². The van der Waals surface area contributed by atoms with Gasteiger partial charge in [0, 0.05) is 23.4 Å². The number of rotatable bonds is 4. The molecule has 106 valence electrons. The summed E-state index contributed by atoms with van der Waals surface area (Å²) < 4.78 is 19.4. The molecule has 1 aromatic carbocycles. The van der Waals surface area contributed by atoms with Crippen LogP contribution in [0.1, 0.15) is 43.2 Å². The molecule has 1 aliphatic heterocycles. The van der Waals surface area contributed by atoms with Gasteiger partial charge in [-0.05, 0) is 31.2 Å². The standard InChI is InChI=1S/C15H17FN2OS/c1-2-5-17-12-7-15(13-8-20-9-18-13)19-14-4-3-10(16)6-11(12)14/h3-4,6,8-9,12,15,17H,2,5,7H2,1H3. The van der Waals surface area contributed by atoms with Crippen LogP contribution in [0, 0.1) is 5.82 Å². The molecule has 0 bridgehead atoms. The largest absolute Gasteiger partial charge is 0.484 e. The third-order valence-corrected chi connectivity index (χ3v) is 4.09. The smallest absolute Gasteiger partial charge is 0.143 e. The summed E-state index contributed by atoms with van der Waals surface area (Å²) in [5, 5.41) is 5.49. The molecule has 0 saturated carbocycles. The summed E-state index contributed by atoms with van der Waals surface area (Å²) in [4.78, 5) is 4.34. The summed E-state index contributed by atoms with van der Waals surface area (Å²) >= 11 is 1.56. The molecular formula is C15H17FN2OS. The van der Waals surface area contributed by atoms with Crippen molar-refractivity contribution in [2.45, 2.75) is 31.9 Å². The molecule has 3 nitrogen and oxygen atoms in total. The van der Waals surface area contributed by atoms with Crippen molar-refractivity contribution in [3.8, 4) is 5.75 Å². The van der Waals surface area contributed by atoms with E-state index in [0.29, 0.717) is 0 Å². The van der Waals surface area contributed by atoms with Gasteiger partial charge in [0.05, 0.1) is 11.2 Å². The average molecular weight is 292 g/mol. The summed E-state index contributed by atoms with van der Waals surface area (Å²) in [7, 11) is 0. The molecule has 1 aromatic heterocycles. The lowest BCUT2D eigenvalue weighted by Crippen LogP contribution is -2.29. The molecule has 0 aliphatic carbocycles. The number of aromatic nitrogens is 1. The molecule has 0 amide bonds. The minimum absolute atomic E-state index is 0.0615. The third-order valence-electron chi connectivity index (χ3n) is 3.49. The van der Waals surface area contributed by atoms with Crippen LogP contribution >= 0.6 is 11.3 Å². The van der Waals surface area contributed by atoms with Gasteiger partial charge < -0.3 is 10.1 Å². The molecule has 0 saturated heterocycles. The van der Waals surface area contributed by atoms with E-state index in [4.69, 9.17) is 4.74 Å². The van der Waals surface area contributed by atoms with Gasteiger partial charge in [-0.25, -0.2) is 9.37 Å². The van der Waals surface area contributed by atoms with Crippen molar-refractivity contribution >= 4 is 11.3 Å². The molecule has 2 atom stereocenters. The fraction of sp³-hybridized carbons (Fsp3) is 0.400. The Kier molecular flexibility index (Phi) is 3.98. The van der Waals surface area contributed by atoms with Crippen molar-refractivity contribution in [1.29, 1.82) is 0 Å². The monoisotopic (exact) mass is 292 g/mol. The molecule has 3 rings (SSSR count). The topological polar surface area (TPSA) is 34.2 Å². The van der Waals surface area contributed by atoms with Crippen LogP contribution in [0.2, 0.25) is 0 Å². The molecule has 2 heterocycles. The quantitative estimate of drug-likeness (QED) is 0.929. The highest BCUT2D eigenvalue weighted by Crippen LogP contribution is 2.40. The van der Waals surface area contributed by atoms with E-state index in [0.717, 1.165) is 36.4 Å². The van der Waals surface area contributed by atoms with Gasteiger partial charge in [-0.2, -0.15) is 0 Å². The maximum Gasteiger partial charge on any atom is 0.143 e. The van der Waals surface area contributed by atoms with Crippen LogP contribution in [0.5, 0.6) is 5.75 Å². The molecule has 2 aromatic rings. The number of thiazole rings is 1. The maximum atomic E-state index is 13.5. The van der Waals surface area contributed by atoms with Crippen LogP contribution < -0.4 is 10.1 Å². The predicted octanol–water partition coefficient (Wildman–Crippen LogP) is 3.85. The summed E-state index contributed by atoms with van der Waals surface area (Å²) in [6, 6.07) is 4.84. The van der Waals surface area contributed by atoms with E-state index in [-0.39, 0.29) is 18.0 Å². The number of fused-ring (bicyclic) bond motifs is 1. The van der Waals surface area contributed by atoms with Crippen molar-refractivity contribution in [3.63, 3.8) is 0 Å². The third kappa shape index (κ3) is 2.69. The average Bonchev–Trinajstić information content (AvgIpc) is 2.99. The second-order valence-electron chi connectivity index (χ2n) is 4.94. The van der Waals surface area contributed by atoms with Crippen LogP contribution in [0.4, 0.5) is 4.39 Å². The van der Waals surface area contributed by atoms with Crippen LogP contribution in [0.3, 0.4) is 0 Å². The SMILES string of the molecule is CCCNC1CC(c2cscn2)Oc2ccc(F)cc21. The van der Waals surface area contributed by atoms with Crippen molar-refractivity contribution in [2.24, 2.45) is 0 Å². The second-order valence-corrected chi connectivity index (χ2v) is 5.66. The first kappa shape index (κ1) is 13.5. The Morgan fingerprint density at radius 2 is 2.40 bits per heavy atom. The van der Waals surface area contributed by atoms with Crippen LogP contribution in [0.15, 0.2) is 29.1 Å². The zero-order valence-corrected chi connectivity index (χ0v) is 12.1. The van der Waals surface area contributed by atoms with Crippen molar-refractivity contribution in [1.82, 2.24) is 10.3 Å². The van der Waals surface area contributed by atoms with Crippen molar-refractivity contribution < 1.29 is 9.13 Å². The number of ether oxygens (including phenoxy) is 1. The Morgan fingerprint density at radius 3 is 3.15 bits per heavy atom. The molecule has 2 unspecified atom stereocenters. The minimum Gasteiger partial charge on any atom is -0.484 e. The van der Waals surface area contributed by atoms with E-state index in [2.05, 4.69) is 17.2 Å². The second kappa shape index (κ2) is 5.89. The van der Waals surface area contributed by atoms with Crippen LogP contribution in [-0.2, 0) is 0 Å². The van der Waals surface area contributed by atoms with Gasteiger partial charge in [0.2, 0.25) is 0 Å². The Bertz CT molecular complexity index is 573. The molecule has 1 aliphatic rings.